The van der Waals surface area contributed by atoms with Crippen molar-refractivity contribution in [3.8, 4) is 11.4 Å². The van der Waals surface area contributed by atoms with E-state index in [1.54, 1.807) is 23.1 Å². The third-order valence-corrected chi connectivity index (χ3v) is 5.19. The Hall–Kier alpha value is -2.94. The van der Waals surface area contributed by atoms with Crippen molar-refractivity contribution in [3.63, 3.8) is 0 Å². The molecule has 3 aromatic rings. The van der Waals surface area contributed by atoms with Gasteiger partial charge in [-0.25, -0.2) is 9.97 Å². The van der Waals surface area contributed by atoms with Crippen LogP contribution in [0.1, 0.15) is 38.1 Å². The van der Waals surface area contributed by atoms with Crippen LogP contribution in [0.15, 0.2) is 42.7 Å². The molecule has 0 aromatic carbocycles. The molecule has 1 aliphatic rings. The molecule has 0 spiro atoms. The third-order valence-electron chi connectivity index (χ3n) is 5.19. The molecule has 0 bridgehead atoms. The summed E-state index contributed by atoms with van der Waals surface area (Å²) in [5.41, 5.74) is 0.678. The number of morpholine rings is 1. The van der Waals surface area contributed by atoms with Crippen LogP contribution in [-0.4, -0.2) is 44.9 Å². The van der Waals surface area contributed by atoms with Gasteiger partial charge >= 0.3 is 6.18 Å². The fourth-order valence-electron chi connectivity index (χ4n) is 3.60. The fraction of sp³-hybridized carbons (Fsp3) is 0.409. The monoisotopic (exact) mass is 432 g/mol. The molecule has 4 heterocycles. The van der Waals surface area contributed by atoms with E-state index in [4.69, 9.17) is 4.74 Å². The first-order valence-electron chi connectivity index (χ1n) is 9.96. The van der Waals surface area contributed by atoms with Gasteiger partial charge in [-0.2, -0.15) is 13.2 Å². The number of pyridine rings is 2. The van der Waals surface area contributed by atoms with E-state index in [0.29, 0.717) is 42.4 Å². The molecule has 0 N–H and O–H groups in total. The molecule has 4 rings (SSSR count). The van der Waals surface area contributed by atoms with E-state index in [0.717, 1.165) is 12.3 Å². The molecular weight excluding hydrogens is 409 g/mol. The van der Waals surface area contributed by atoms with Gasteiger partial charge < -0.3 is 9.64 Å². The van der Waals surface area contributed by atoms with Gasteiger partial charge in [-0.15, -0.1) is 0 Å². The zero-order valence-electron chi connectivity index (χ0n) is 17.5. The van der Waals surface area contributed by atoms with E-state index in [1.165, 1.54) is 16.7 Å². The van der Waals surface area contributed by atoms with Crippen molar-refractivity contribution in [2.75, 3.05) is 19.7 Å². The van der Waals surface area contributed by atoms with E-state index in [2.05, 4.69) is 9.97 Å². The molecule has 9 heteroatoms. The summed E-state index contributed by atoms with van der Waals surface area (Å²) < 4.78 is 46.7. The zero-order chi connectivity index (χ0) is 22.4. The minimum atomic E-state index is -4.45. The highest BCUT2D eigenvalue weighted by Crippen LogP contribution is 2.31. The number of ether oxygens (including phenoxy) is 1. The van der Waals surface area contributed by atoms with Crippen LogP contribution >= 0.6 is 0 Å². The number of hydrogen-bond acceptors (Lipinski definition) is 4. The van der Waals surface area contributed by atoms with Crippen molar-refractivity contribution in [2.45, 2.75) is 33.1 Å². The van der Waals surface area contributed by atoms with Gasteiger partial charge in [-0.3, -0.25) is 9.20 Å². The van der Waals surface area contributed by atoms with E-state index >= 15 is 0 Å². The SMILES string of the molecule is CC(C)(C)C(=O)N1CCO[C@@H](c2cccc(-c3cnc4ccc(C(F)(F)F)cn34)n2)C1. The maximum atomic E-state index is 13.2. The minimum Gasteiger partial charge on any atom is -0.368 e. The second kappa shape index (κ2) is 7.64. The van der Waals surface area contributed by atoms with Gasteiger partial charge in [-0.1, -0.05) is 26.8 Å². The lowest BCUT2D eigenvalue weighted by Gasteiger charge is -2.36. The van der Waals surface area contributed by atoms with Gasteiger partial charge in [0, 0.05) is 18.2 Å². The van der Waals surface area contributed by atoms with Crippen LogP contribution in [0.2, 0.25) is 0 Å². The standard InChI is InChI=1S/C22H23F3N4O2/c1-21(2,3)20(30)28-9-10-31-18(13-28)16-6-4-5-15(27-16)17-11-26-19-8-7-14(12-29(17)19)22(23,24)25/h4-8,11-12,18H,9-10,13H2,1-3H3/t18-/m1/s1. The predicted molar refractivity (Wildman–Crippen MR) is 108 cm³/mol. The number of fused-ring (bicyclic) bond motifs is 1. The van der Waals surface area contributed by atoms with Crippen molar-refractivity contribution in [2.24, 2.45) is 5.41 Å². The Balaban J connectivity index is 1.65. The first-order chi connectivity index (χ1) is 14.5. The molecular formula is C22H23F3N4O2. The summed E-state index contributed by atoms with van der Waals surface area (Å²) in [6, 6.07) is 7.62. The number of aromatic nitrogens is 3. The Bertz CT molecular complexity index is 1120. The normalized spacial score (nSPS) is 17.9. The minimum absolute atomic E-state index is 0.0402. The summed E-state index contributed by atoms with van der Waals surface area (Å²) in [6.07, 6.45) is -2.35. The lowest BCUT2D eigenvalue weighted by molar-refractivity contribution is -0.147. The number of amides is 1. The average molecular weight is 432 g/mol. The number of hydrogen-bond donors (Lipinski definition) is 0. The van der Waals surface area contributed by atoms with Gasteiger partial charge in [0.25, 0.3) is 0 Å². The topological polar surface area (TPSA) is 59.7 Å². The maximum absolute atomic E-state index is 13.2. The van der Waals surface area contributed by atoms with Gasteiger partial charge in [-0.05, 0) is 24.3 Å². The molecule has 164 valence electrons. The molecule has 6 nitrogen and oxygen atoms in total. The largest absolute Gasteiger partial charge is 0.417 e. The molecule has 3 aromatic heterocycles. The summed E-state index contributed by atoms with van der Waals surface area (Å²) in [7, 11) is 0. The molecule has 1 saturated heterocycles. The van der Waals surface area contributed by atoms with Crippen LogP contribution < -0.4 is 0 Å². The quantitative estimate of drug-likeness (QED) is 0.604. The molecule has 31 heavy (non-hydrogen) atoms. The van der Waals surface area contributed by atoms with Crippen molar-refractivity contribution in [1.82, 2.24) is 19.3 Å². The van der Waals surface area contributed by atoms with Gasteiger partial charge in [0.15, 0.2) is 0 Å². The second-order valence-corrected chi connectivity index (χ2v) is 8.60. The lowest BCUT2D eigenvalue weighted by Crippen LogP contribution is -2.47. The molecule has 0 aliphatic carbocycles. The lowest BCUT2D eigenvalue weighted by atomic mass is 9.94. The van der Waals surface area contributed by atoms with Crippen molar-refractivity contribution < 1.29 is 22.7 Å². The number of imidazole rings is 1. The van der Waals surface area contributed by atoms with Gasteiger partial charge in [0.05, 0.1) is 42.0 Å². The number of alkyl halides is 3. The highest BCUT2D eigenvalue weighted by Gasteiger charge is 2.33. The Morgan fingerprint density at radius 3 is 2.65 bits per heavy atom. The zero-order valence-corrected chi connectivity index (χ0v) is 17.5. The smallest absolute Gasteiger partial charge is 0.368 e. The van der Waals surface area contributed by atoms with Crippen molar-refractivity contribution in [1.29, 1.82) is 0 Å². The van der Waals surface area contributed by atoms with Crippen LogP contribution in [0.5, 0.6) is 0 Å². The molecule has 0 unspecified atom stereocenters. The van der Waals surface area contributed by atoms with E-state index in [-0.39, 0.29) is 5.91 Å². The summed E-state index contributed by atoms with van der Waals surface area (Å²) in [4.78, 5) is 23.3. The second-order valence-electron chi connectivity index (χ2n) is 8.60. The van der Waals surface area contributed by atoms with E-state index in [9.17, 15) is 18.0 Å². The highest BCUT2D eigenvalue weighted by molar-refractivity contribution is 5.81. The van der Waals surface area contributed by atoms with E-state index in [1.807, 2.05) is 20.8 Å². The van der Waals surface area contributed by atoms with Gasteiger partial charge in [0.2, 0.25) is 5.91 Å². The van der Waals surface area contributed by atoms with Crippen LogP contribution in [0, 0.1) is 5.41 Å². The summed E-state index contributed by atoms with van der Waals surface area (Å²) >= 11 is 0. The van der Waals surface area contributed by atoms with Crippen LogP contribution in [0.25, 0.3) is 17.0 Å². The molecule has 1 fully saturated rings. The van der Waals surface area contributed by atoms with Crippen molar-refractivity contribution >= 4 is 11.6 Å². The summed E-state index contributed by atoms with van der Waals surface area (Å²) in [5, 5.41) is 0. The summed E-state index contributed by atoms with van der Waals surface area (Å²) in [5.74, 6) is 0.0402. The number of nitrogens with zero attached hydrogens (tertiary/aromatic N) is 4. The Kier molecular flexibility index (Phi) is 5.25. The number of halogens is 3. The summed E-state index contributed by atoms with van der Waals surface area (Å²) in [6.45, 7) is 6.90. The molecule has 0 saturated carbocycles. The van der Waals surface area contributed by atoms with Crippen molar-refractivity contribution in [3.05, 3.63) is 54.0 Å². The molecule has 1 atom stereocenters. The molecule has 1 aliphatic heterocycles. The first kappa shape index (κ1) is 21.3. The molecule has 1 amide bonds. The first-order valence-corrected chi connectivity index (χ1v) is 9.96. The number of carbonyl (C=O) groups excluding carboxylic acids is 1. The van der Waals surface area contributed by atoms with Crippen LogP contribution in [-0.2, 0) is 15.7 Å². The molecule has 0 radical (unpaired) electrons. The maximum Gasteiger partial charge on any atom is 0.417 e. The number of carbonyl (C=O) groups is 1. The van der Waals surface area contributed by atoms with E-state index < -0.39 is 23.3 Å². The van der Waals surface area contributed by atoms with Gasteiger partial charge in [0.1, 0.15) is 11.8 Å². The Labute approximate surface area is 177 Å². The Morgan fingerprint density at radius 2 is 1.94 bits per heavy atom. The fourth-order valence-corrected chi connectivity index (χ4v) is 3.60. The van der Waals surface area contributed by atoms with Crippen LogP contribution in [0.3, 0.4) is 0 Å². The Morgan fingerprint density at radius 1 is 1.16 bits per heavy atom. The highest BCUT2D eigenvalue weighted by atomic mass is 19.4. The average Bonchev–Trinajstić information content (AvgIpc) is 3.15. The predicted octanol–water partition coefficient (Wildman–Crippen LogP) is 4.36. The third kappa shape index (κ3) is 4.27. The van der Waals surface area contributed by atoms with Crippen LogP contribution in [0.4, 0.5) is 13.2 Å². The number of rotatable bonds is 2.